The maximum absolute atomic E-state index is 11.7. The van der Waals surface area contributed by atoms with Crippen molar-refractivity contribution in [3.05, 3.63) is 23.9 Å². The third-order valence-electron chi connectivity index (χ3n) is 1.96. The molecule has 0 unspecified atom stereocenters. The lowest BCUT2D eigenvalue weighted by Gasteiger charge is -2.09. The highest BCUT2D eigenvalue weighted by atomic mass is 16.1. The number of nitrogens with one attached hydrogen (secondary N) is 2. The van der Waals surface area contributed by atoms with E-state index in [4.69, 9.17) is 0 Å². The third kappa shape index (κ3) is 3.88. The highest BCUT2D eigenvalue weighted by Crippen LogP contribution is 2.05. The van der Waals surface area contributed by atoms with Crippen molar-refractivity contribution in [2.45, 2.75) is 33.2 Å². The van der Waals surface area contributed by atoms with E-state index in [0.717, 1.165) is 18.8 Å². The molecule has 2 N–H and O–H groups in total. The van der Waals surface area contributed by atoms with Gasteiger partial charge in [-0.15, -0.1) is 0 Å². The number of hydrogen-bond donors (Lipinski definition) is 2. The van der Waals surface area contributed by atoms with Gasteiger partial charge < -0.3 is 10.6 Å². The number of amides is 1. The first-order valence-electron chi connectivity index (χ1n) is 5.65. The van der Waals surface area contributed by atoms with Gasteiger partial charge in [0.25, 0.3) is 5.91 Å². The summed E-state index contributed by atoms with van der Waals surface area (Å²) in [6.45, 7) is 6.80. The van der Waals surface area contributed by atoms with E-state index in [9.17, 15) is 4.79 Å². The Balaban J connectivity index is 2.69. The van der Waals surface area contributed by atoms with E-state index in [-0.39, 0.29) is 11.9 Å². The highest BCUT2D eigenvalue weighted by molar-refractivity contribution is 5.92. The van der Waals surface area contributed by atoms with Gasteiger partial charge in [0.2, 0.25) is 0 Å². The fraction of sp³-hybridized carbons (Fsp3) is 0.500. The second-order valence-corrected chi connectivity index (χ2v) is 3.96. The van der Waals surface area contributed by atoms with E-state index < -0.39 is 0 Å². The van der Waals surface area contributed by atoms with Gasteiger partial charge in [0, 0.05) is 12.6 Å². The number of anilines is 1. The normalized spacial score (nSPS) is 10.2. The van der Waals surface area contributed by atoms with E-state index >= 15 is 0 Å². The minimum Gasteiger partial charge on any atom is -0.370 e. The standard InChI is InChI=1S/C12H19N3O/c1-4-8-13-11-7-5-6-10(15-11)12(16)14-9(2)3/h5-7,9H,4,8H2,1-3H3,(H,13,15)(H,14,16). The van der Waals surface area contributed by atoms with Crippen molar-refractivity contribution in [1.29, 1.82) is 0 Å². The number of carbonyl (C=O) groups excluding carboxylic acids is 1. The molecule has 0 aliphatic heterocycles. The molecule has 0 aliphatic carbocycles. The fourth-order valence-electron chi connectivity index (χ4n) is 1.25. The molecule has 0 saturated heterocycles. The number of nitrogens with zero attached hydrogens (tertiary/aromatic N) is 1. The van der Waals surface area contributed by atoms with Crippen LogP contribution in [0.4, 0.5) is 5.82 Å². The topological polar surface area (TPSA) is 54.0 Å². The summed E-state index contributed by atoms with van der Waals surface area (Å²) in [6.07, 6.45) is 1.03. The zero-order valence-electron chi connectivity index (χ0n) is 10.1. The van der Waals surface area contributed by atoms with Crippen LogP contribution in [0.25, 0.3) is 0 Å². The van der Waals surface area contributed by atoms with E-state index in [1.54, 1.807) is 6.07 Å². The first kappa shape index (κ1) is 12.5. The van der Waals surface area contributed by atoms with Crippen LogP contribution in [0.3, 0.4) is 0 Å². The Kier molecular flexibility index (Phi) is 4.76. The first-order chi connectivity index (χ1) is 7.63. The quantitative estimate of drug-likeness (QED) is 0.800. The van der Waals surface area contributed by atoms with Crippen LogP contribution in [0.2, 0.25) is 0 Å². The van der Waals surface area contributed by atoms with Crippen LogP contribution in [-0.2, 0) is 0 Å². The van der Waals surface area contributed by atoms with Crippen molar-refractivity contribution in [2.24, 2.45) is 0 Å². The smallest absolute Gasteiger partial charge is 0.270 e. The SMILES string of the molecule is CCCNc1cccc(C(=O)NC(C)C)n1. The zero-order valence-corrected chi connectivity index (χ0v) is 10.1. The molecular weight excluding hydrogens is 202 g/mol. The van der Waals surface area contributed by atoms with Crippen LogP contribution in [0.5, 0.6) is 0 Å². The Labute approximate surface area is 96.5 Å². The van der Waals surface area contributed by atoms with Crippen LogP contribution < -0.4 is 10.6 Å². The molecular formula is C12H19N3O. The maximum atomic E-state index is 11.7. The van der Waals surface area contributed by atoms with Crippen molar-refractivity contribution in [3.63, 3.8) is 0 Å². The zero-order chi connectivity index (χ0) is 12.0. The van der Waals surface area contributed by atoms with E-state index in [1.165, 1.54) is 0 Å². The molecule has 0 saturated carbocycles. The summed E-state index contributed by atoms with van der Waals surface area (Å²) in [6, 6.07) is 5.54. The Morgan fingerprint density at radius 2 is 2.19 bits per heavy atom. The van der Waals surface area contributed by atoms with Crippen LogP contribution in [0, 0.1) is 0 Å². The van der Waals surface area contributed by atoms with E-state index in [1.807, 2.05) is 26.0 Å². The molecule has 4 nitrogen and oxygen atoms in total. The Morgan fingerprint density at radius 1 is 1.44 bits per heavy atom. The molecule has 16 heavy (non-hydrogen) atoms. The molecule has 1 aromatic heterocycles. The lowest BCUT2D eigenvalue weighted by Crippen LogP contribution is -2.30. The molecule has 0 bridgehead atoms. The molecule has 0 fully saturated rings. The van der Waals surface area contributed by atoms with Gasteiger partial charge in [-0.25, -0.2) is 4.98 Å². The third-order valence-corrected chi connectivity index (χ3v) is 1.96. The number of carbonyl (C=O) groups is 1. The molecule has 88 valence electrons. The Morgan fingerprint density at radius 3 is 2.81 bits per heavy atom. The average Bonchev–Trinajstić information content (AvgIpc) is 2.26. The summed E-state index contributed by atoms with van der Waals surface area (Å²) < 4.78 is 0. The summed E-state index contributed by atoms with van der Waals surface area (Å²) in [5.74, 6) is 0.619. The summed E-state index contributed by atoms with van der Waals surface area (Å²) >= 11 is 0. The Hall–Kier alpha value is -1.58. The van der Waals surface area contributed by atoms with Crippen LogP contribution in [-0.4, -0.2) is 23.5 Å². The Bertz CT molecular complexity index is 350. The van der Waals surface area contributed by atoms with Crippen molar-refractivity contribution < 1.29 is 4.79 Å². The van der Waals surface area contributed by atoms with Crippen molar-refractivity contribution in [1.82, 2.24) is 10.3 Å². The fourth-order valence-corrected chi connectivity index (χ4v) is 1.25. The summed E-state index contributed by atoms with van der Waals surface area (Å²) in [5, 5.41) is 5.96. The number of aromatic nitrogens is 1. The second-order valence-electron chi connectivity index (χ2n) is 3.96. The monoisotopic (exact) mass is 221 g/mol. The molecule has 0 aliphatic rings. The molecule has 1 aromatic rings. The lowest BCUT2D eigenvalue weighted by molar-refractivity contribution is 0.0938. The van der Waals surface area contributed by atoms with Crippen LogP contribution in [0.15, 0.2) is 18.2 Å². The molecule has 0 spiro atoms. The van der Waals surface area contributed by atoms with Gasteiger partial charge in [0.1, 0.15) is 11.5 Å². The minimum absolute atomic E-state index is 0.126. The summed E-state index contributed by atoms with van der Waals surface area (Å²) in [7, 11) is 0. The van der Waals surface area contributed by atoms with Crippen LogP contribution >= 0.6 is 0 Å². The molecule has 0 atom stereocenters. The molecule has 1 rings (SSSR count). The van der Waals surface area contributed by atoms with Gasteiger partial charge in [-0.3, -0.25) is 4.79 Å². The maximum Gasteiger partial charge on any atom is 0.270 e. The molecule has 1 amide bonds. The largest absolute Gasteiger partial charge is 0.370 e. The number of rotatable bonds is 5. The van der Waals surface area contributed by atoms with Crippen molar-refractivity contribution >= 4 is 11.7 Å². The minimum atomic E-state index is -0.129. The van der Waals surface area contributed by atoms with Crippen LogP contribution in [0.1, 0.15) is 37.7 Å². The molecule has 1 heterocycles. The summed E-state index contributed by atoms with van der Waals surface area (Å²) in [5.41, 5.74) is 0.454. The average molecular weight is 221 g/mol. The van der Waals surface area contributed by atoms with Gasteiger partial charge in [-0.2, -0.15) is 0 Å². The molecule has 0 radical (unpaired) electrons. The highest BCUT2D eigenvalue weighted by Gasteiger charge is 2.08. The van der Waals surface area contributed by atoms with Crippen molar-refractivity contribution in [3.8, 4) is 0 Å². The number of hydrogen-bond acceptors (Lipinski definition) is 3. The lowest BCUT2D eigenvalue weighted by atomic mass is 10.3. The van der Waals surface area contributed by atoms with E-state index in [2.05, 4.69) is 22.5 Å². The van der Waals surface area contributed by atoms with Gasteiger partial charge in [-0.05, 0) is 32.4 Å². The second kappa shape index (κ2) is 6.10. The first-order valence-corrected chi connectivity index (χ1v) is 5.65. The molecule has 4 heteroatoms. The number of pyridine rings is 1. The predicted molar refractivity (Wildman–Crippen MR) is 65.6 cm³/mol. The van der Waals surface area contributed by atoms with Gasteiger partial charge >= 0.3 is 0 Å². The van der Waals surface area contributed by atoms with Crippen molar-refractivity contribution in [2.75, 3.05) is 11.9 Å². The van der Waals surface area contributed by atoms with E-state index in [0.29, 0.717) is 5.69 Å². The van der Waals surface area contributed by atoms with Gasteiger partial charge in [0.05, 0.1) is 0 Å². The predicted octanol–water partition coefficient (Wildman–Crippen LogP) is 2.04. The van der Waals surface area contributed by atoms with Gasteiger partial charge in [0.15, 0.2) is 0 Å². The summed E-state index contributed by atoms with van der Waals surface area (Å²) in [4.78, 5) is 15.9. The van der Waals surface area contributed by atoms with Gasteiger partial charge in [-0.1, -0.05) is 13.0 Å². The molecule has 0 aromatic carbocycles.